The maximum absolute atomic E-state index is 12.4. The summed E-state index contributed by atoms with van der Waals surface area (Å²) in [6, 6.07) is 7.92. The minimum Gasteiger partial charge on any atom is -0.444 e. The van der Waals surface area contributed by atoms with Gasteiger partial charge < -0.3 is 9.72 Å². The molecule has 2 fully saturated rings. The summed E-state index contributed by atoms with van der Waals surface area (Å²) in [5.41, 5.74) is 0.756. The van der Waals surface area contributed by atoms with Gasteiger partial charge in [0, 0.05) is 18.5 Å². The van der Waals surface area contributed by atoms with E-state index in [1.54, 1.807) is 18.2 Å². The van der Waals surface area contributed by atoms with E-state index in [0.717, 1.165) is 17.4 Å². The predicted molar refractivity (Wildman–Crippen MR) is 77.4 cm³/mol. The van der Waals surface area contributed by atoms with Gasteiger partial charge >= 0.3 is 11.8 Å². The Kier molecular flexibility index (Phi) is 2.68. The molecule has 3 heterocycles. The van der Waals surface area contributed by atoms with E-state index in [4.69, 9.17) is 4.74 Å². The van der Waals surface area contributed by atoms with Gasteiger partial charge in [0.15, 0.2) is 0 Å². The molecule has 1 aromatic carbocycles. The third-order valence-electron chi connectivity index (χ3n) is 4.85. The van der Waals surface area contributed by atoms with Crippen LogP contribution in [0.15, 0.2) is 29.1 Å². The number of hydrogen-bond acceptors (Lipinski definition) is 4. The highest BCUT2D eigenvalue weighted by atomic mass is 16.6. The van der Waals surface area contributed by atoms with E-state index in [2.05, 4.69) is 16.9 Å². The summed E-state index contributed by atoms with van der Waals surface area (Å²) in [5.74, 6) is 0. The van der Waals surface area contributed by atoms with E-state index in [1.807, 2.05) is 6.07 Å². The standard InChI is InChI=1S/C15H17N3O3/c1-17-9-6-7-12(17)13(8-9)21-15(20)18-11-5-3-2-4-10(11)16-14(18)19/h2-5,9,12-13H,6-8H2,1H3,(H,16,19). The molecule has 1 aromatic heterocycles. The van der Waals surface area contributed by atoms with Crippen LogP contribution in [0.4, 0.5) is 4.79 Å². The van der Waals surface area contributed by atoms with Crippen LogP contribution in [0.2, 0.25) is 0 Å². The van der Waals surface area contributed by atoms with Crippen LogP contribution in [0.25, 0.3) is 11.0 Å². The topological polar surface area (TPSA) is 67.3 Å². The molecular formula is C15H17N3O3. The number of fused-ring (bicyclic) bond motifs is 3. The van der Waals surface area contributed by atoms with Gasteiger partial charge in [0.1, 0.15) is 6.10 Å². The first-order valence-electron chi connectivity index (χ1n) is 7.28. The molecule has 21 heavy (non-hydrogen) atoms. The highest BCUT2D eigenvalue weighted by Crippen LogP contribution is 2.37. The Morgan fingerprint density at radius 1 is 1.33 bits per heavy atom. The Labute approximate surface area is 121 Å². The third-order valence-corrected chi connectivity index (χ3v) is 4.85. The third kappa shape index (κ3) is 1.82. The fourth-order valence-corrected chi connectivity index (χ4v) is 3.74. The zero-order valence-electron chi connectivity index (χ0n) is 11.8. The second-order valence-electron chi connectivity index (χ2n) is 5.90. The Morgan fingerprint density at radius 2 is 2.14 bits per heavy atom. The van der Waals surface area contributed by atoms with Crippen molar-refractivity contribution in [3.63, 3.8) is 0 Å². The van der Waals surface area contributed by atoms with Crippen molar-refractivity contribution in [3.8, 4) is 0 Å². The lowest BCUT2D eigenvalue weighted by Crippen LogP contribution is -2.35. The molecule has 4 rings (SSSR count). The molecule has 2 bridgehead atoms. The number of para-hydroxylation sites is 2. The van der Waals surface area contributed by atoms with Gasteiger partial charge in [0.05, 0.1) is 11.0 Å². The predicted octanol–water partition coefficient (Wildman–Crippen LogP) is 1.55. The van der Waals surface area contributed by atoms with Crippen LogP contribution in [-0.4, -0.2) is 45.8 Å². The molecular weight excluding hydrogens is 270 g/mol. The lowest BCUT2D eigenvalue weighted by Gasteiger charge is -2.21. The van der Waals surface area contributed by atoms with Crippen molar-refractivity contribution in [1.29, 1.82) is 0 Å². The molecule has 0 amide bonds. The van der Waals surface area contributed by atoms with Crippen molar-refractivity contribution in [2.24, 2.45) is 0 Å². The molecule has 2 aromatic rings. The molecule has 110 valence electrons. The van der Waals surface area contributed by atoms with Crippen molar-refractivity contribution < 1.29 is 9.53 Å². The van der Waals surface area contributed by atoms with Gasteiger partial charge in [-0.2, -0.15) is 4.57 Å². The number of nitrogens with zero attached hydrogens (tertiary/aromatic N) is 2. The molecule has 6 nitrogen and oxygen atoms in total. The van der Waals surface area contributed by atoms with Gasteiger partial charge in [-0.15, -0.1) is 0 Å². The second-order valence-corrected chi connectivity index (χ2v) is 5.90. The first-order valence-corrected chi connectivity index (χ1v) is 7.28. The number of H-pyrrole nitrogens is 1. The average molecular weight is 287 g/mol. The Hall–Kier alpha value is -2.08. The van der Waals surface area contributed by atoms with E-state index < -0.39 is 11.8 Å². The molecule has 0 aliphatic carbocycles. The number of benzene rings is 1. The quantitative estimate of drug-likeness (QED) is 0.864. The van der Waals surface area contributed by atoms with Crippen LogP contribution in [0, 0.1) is 0 Å². The second kappa shape index (κ2) is 4.46. The van der Waals surface area contributed by atoms with Crippen molar-refractivity contribution in [2.75, 3.05) is 7.05 Å². The van der Waals surface area contributed by atoms with E-state index >= 15 is 0 Å². The number of likely N-dealkylation sites (N-methyl/N-ethyl adjacent to an activating group) is 1. The molecule has 1 N–H and O–H groups in total. The van der Waals surface area contributed by atoms with Gasteiger partial charge in [-0.05, 0) is 32.0 Å². The lowest BCUT2D eigenvalue weighted by atomic mass is 9.98. The number of hydrogen-bond donors (Lipinski definition) is 1. The molecule has 0 radical (unpaired) electrons. The van der Waals surface area contributed by atoms with E-state index in [9.17, 15) is 9.59 Å². The maximum Gasteiger partial charge on any atom is 0.423 e. The summed E-state index contributed by atoms with van der Waals surface area (Å²) in [7, 11) is 2.08. The number of aromatic nitrogens is 2. The Bertz CT molecular complexity index is 763. The molecule has 0 saturated carbocycles. The van der Waals surface area contributed by atoms with E-state index in [-0.39, 0.29) is 6.10 Å². The summed E-state index contributed by atoms with van der Waals surface area (Å²) >= 11 is 0. The van der Waals surface area contributed by atoms with Crippen molar-refractivity contribution in [1.82, 2.24) is 14.5 Å². The molecule has 2 aliphatic heterocycles. The van der Waals surface area contributed by atoms with E-state index in [0.29, 0.717) is 23.1 Å². The fraction of sp³-hybridized carbons (Fsp3) is 0.467. The SMILES string of the molecule is CN1C2CCC1C(OC(=O)n1c(=O)[nH]c3ccccc31)C2. The van der Waals surface area contributed by atoms with Gasteiger partial charge in [0.25, 0.3) is 0 Å². The molecule has 2 aliphatic rings. The van der Waals surface area contributed by atoms with Crippen LogP contribution < -0.4 is 5.69 Å². The van der Waals surface area contributed by atoms with Crippen molar-refractivity contribution in [3.05, 3.63) is 34.7 Å². The minimum absolute atomic E-state index is 0.109. The Balaban J connectivity index is 1.63. The number of carbonyl (C=O) groups excluding carboxylic acids is 1. The minimum atomic E-state index is -0.580. The number of carbonyl (C=O) groups is 1. The molecule has 3 unspecified atom stereocenters. The number of aromatic amines is 1. The van der Waals surface area contributed by atoms with Gasteiger partial charge in [-0.3, -0.25) is 4.90 Å². The van der Waals surface area contributed by atoms with Crippen LogP contribution in [0.3, 0.4) is 0 Å². The average Bonchev–Trinajstić information content (AvgIpc) is 3.08. The monoisotopic (exact) mass is 287 g/mol. The number of rotatable bonds is 1. The lowest BCUT2D eigenvalue weighted by molar-refractivity contribution is 0.0763. The van der Waals surface area contributed by atoms with Crippen LogP contribution >= 0.6 is 0 Å². The summed E-state index contributed by atoms with van der Waals surface area (Å²) in [4.78, 5) is 29.3. The van der Waals surface area contributed by atoms with E-state index in [1.165, 1.54) is 6.42 Å². The Morgan fingerprint density at radius 3 is 2.86 bits per heavy atom. The number of ether oxygens (including phenoxy) is 1. The fourth-order valence-electron chi connectivity index (χ4n) is 3.74. The summed E-state index contributed by atoms with van der Waals surface area (Å²) < 4.78 is 6.70. The maximum atomic E-state index is 12.4. The number of nitrogens with one attached hydrogen (secondary N) is 1. The molecule has 3 atom stereocenters. The first kappa shape index (κ1) is 12.6. The van der Waals surface area contributed by atoms with Gasteiger partial charge in [-0.25, -0.2) is 9.59 Å². The molecule has 0 spiro atoms. The highest BCUT2D eigenvalue weighted by molar-refractivity contribution is 5.86. The van der Waals surface area contributed by atoms with Gasteiger partial charge in [-0.1, -0.05) is 12.1 Å². The van der Waals surface area contributed by atoms with Crippen molar-refractivity contribution in [2.45, 2.75) is 37.5 Å². The molecule has 6 heteroatoms. The molecule has 2 saturated heterocycles. The number of imidazole rings is 1. The van der Waals surface area contributed by atoms with Crippen molar-refractivity contribution >= 4 is 17.1 Å². The van der Waals surface area contributed by atoms with Crippen LogP contribution in [-0.2, 0) is 4.74 Å². The summed E-state index contributed by atoms with van der Waals surface area (Å²) in [6.45, 7) is 0. The smallest absolute Gasteiger partial charge is 0.423 e. The van der Waals surface area contributed by atoms with Crippen LogP contribution in [0.5, 0.6) is 0 Å². The zero-order valence-corrected chi connectivity index (χ0v) is 11.8. The van der Waals surface area contributed by atoms with Crippen LogP contribution in [0.1, 0.15) is 19.3 Å². The zero-order chi connectivity index (χ0) is 14.6. The normalized spacial score (nSPS) is 28.3. The highest BCUT2D eigenvalue weighted by Gasteiger charge is 2.46. The first-order chi connectivity index (χ1) is 10.1. The summed E-state index contributed by atoms with van der Waals surface area (Å²) in [6.07, 6.45) is 2.40. The summed E-state index contributed by atoms with van der Waals surface area (Å²) in [5, 5.41) is 0. The largest absolute Gasteiger partial charge is 0.444 e. The van der Waals surface area contributed by atoms with Gasteiger partial charge in [0.2, 0.25) is 0 Å².